The molecule has 2 aromatic heterocycles. The van der Waals surface area contributed by atoms with Crippen LogP contribution in [0.25, 0.3) is 0 Å². The number of amides is 1. The van der Waals surface area contributed by atoms with Gasteiger partial charge in [0.2, 0.25) is 5.95 Å². The molecule has 0 aliphatic rings. The SMILES string of the molecule is Cc1ccc([C@H](C)NC(=O)c2cnc(N(C)C)nc2C)cn1. The van der Waals surface area contributed by atoms with Crippen LogP contribution in [0.2, 0.25) is 0 Å². The fraction of sp³-hybridized carbons (Fsp3) is 0.375. The maximum Gasteiger partial charge on any atom is 0.255 e. The van der Waals surface area contributed by atoms with Crippen molar-refractivity contribution < 1.29 is 4.79 Å². The van der Waals surface area contributed by atoms with E-state index in [0.29, 0.717) is 17.2 Å². The highest BCUT2D eigenvalue weighted by molar-refractivity contribution is 5.95. The van der Waals surface area contributed by atoms with Crippen LogP contribution in [-0.4, -0.2) is 35.0 Å². The van der Waals surface area contributed by atoms with E-state index in [1.807, 2.05) is 47.0 Å². The number of nitrogens with zero attached hydrogens (tertiary/aromatic N) is 4. The highest BCUT2D eigenvalue weighted by Gasteiger charge is 2.15. The standard InChI is InChI=1S/C16H21N5O/c1-10-6-7-13(8-17-10)11(2)19-15(22)14-9-18-16(21(4)5)20-12(14)3/h6-9,11H,1-5H3,(H,19,22)/t11-/m0/s1. The van der Waals surface area contributed by atoms with E-state index in [4.69, 9.17) is 0 Å². The van der Waals surface area contributed by atoms with Crippen molar-refractivity contribution in [2.75, 3.05) is 19.0 Å². The Morgan fingerprint density at radius 3 is 2.45 bits per heavy atom. The molecule has 6 nitrogen and oxygen atoms in total. The number of aryl methyl sites for hydroxylation is 2. The van der Waals surface area contributed by atoms with Gasteiger partial charge in [0.05, 0.1) is 17.3 Å². The first kappa shape index (κ1) is 15.9. The molecule has 1 N–H and O–H groups in total. The molecule has 1 amide bonds. The van der Waals surface area contributed by atoms with Crippen molar-refractivity contribution in [2.45, 2.75) is 26.8 Å². The van der Waals surface area contributed by atoms with Crippen molar-refractivity contribution in [2.24, 2.45) is 0 Å². The normalized spacial score (nSPS) is 11.9. The van der Waals surface area contributed by atoms with Crippen LogP contribution < -0.4 is 10.2 Å². The van der Waals surface area contributed by atoms with Gasteiger partial charge in [-0.15, -0.1) is 0 Å². The van der Waals surface area contributed by atoms with Crippen molar-refractivity contribution in [3.63, 3.8) is 0 Å². The molecule has 0 aliphatic carbocycles. The Morgan fingerprint density at radius 2 is 1.91 bits per heavy atom. The molecule has 0 unspecified atom stereocenters. The summed E-state index contributed by atoms with van der Waals surface area (Å²) in [7, 11) is 3.72. The largest absolute Gasteiger partial charge is 0.347 e. The Bertz CT molecular complexity index is 667. The van der Waals surface area contributed by atoms with Crippen LogP contribution in [0.3, 0.4) is 0 Å². The zero-order valence-electron chi connectivity index (χ0n) is 13.6. The van der Waals surface area contributed by atoms with Crippen LogP contribution in [0.1, 0.15) is 40.3 Å². The minimum absolute atomic E-state index is 0.131. The quantitative estimate of drug-likeness (QED) is 0.935. The van der Waals surface area contributed by atoms with E-state index in [0.717, 1.165) is 11.3 Å². The molecule has 116 valence electrons. The number of anilines is 1. The van der Waals surface area contributed by atoms with Gasteiger partial charge >= 0.3 is 0 Å². The van der Waals surface area contributed by atoms with E-state index in [1.165, 1.54) is 0 Å². The monoisotopic (exact) mass is 299 g/mol. The molecule has 0 spiro atoms. The zero-order chi connectivity index (χ0) is 16.3. The van der Waals surface area contributed by atoms with E-state index in [-0.39, 0.29) is 11.9 Å². The summed E-state index contributed by atoms with van der Waals surface area (Å²) in [6, 6.07) is 3.76. The van der Waals surface area contributed by atoms with E-state index in [9.17, 15) is 4.79 Å². The minimum Gasteiger partial charge on any atom is -0.347 e. The highest BCUT2D eigenvalue weighted by Crippen LogP contribution is 2.14. The van der Waals surface area contributed by atoms with Crippen LogP contribution in [-0.2, 0) is 0 Å². The van der Waals surface area contributed by atoms with E-state index in [2.05, 4.69) is 20.3 Å². The molecule has 2 heterocycles. The first-order valence-electron chi connectivity index (χ1n) is 7.13. The van der Waals surface area contributed by atoms with Crippen molar-refractivity contribution >= 4 is 11.9 Å². The molecule has 0 saturated heterocycles. The summed E-state index contributed by atoms with van der Waals surface area (Å²) in [6.45, 7) is 5.66. The first-order valence-corrected chi connectivity index (χ1v) is 7.13. The summed E-state index contributed by atoms with van der Waals surface area (Å²) >= 11 is 0. The maximum atomic E-state index is 12.4. The summed E-state index contributed by atoms with van der Waals surface area (Å²) in [4.78, 5) is 26.9. The Kier molecular flexibility index (Phi) is 4.70. The smallest absolute Gasteiger partial charge is 0.255 e. The molecular formula is C16H21N5O. The lowest BCUT2D eigenvalue weighted by Crippen LogP contribution is -2.28. The van der Waals surface area contributed by atoms with Gasteiger partial charge in [0.1, 0.15) is 0 Å². The van der Waals surface area contributed by atoms with Gasteiger partial charge in [0.25, 0.3) is 5.91 Å². The van der Waals surface area contributed by atoms with Crippen LogP contribution >= 0.6 is 0 Å². The highest BCUT2D eigenvalue weighted by atomic mass is 16.1. The third-order valence-electron chi connectivity index (χ3n) is 3.39. The Balaban J connectivity index is 2.13. The van der Waals surface area contributed by atoms with Crippen LogP contribution in [0.15, 0.2) is 24.5 Å². The number of carbonyl (C=O) groups excluding carboxylic acids is 1. The van der Waals surface area contributed by atoms with Crippen LogP contribution in [0, 0.1) is 13.8 Å². The number of pyridine rings is 1. The molecule has 6 heteroatoms. The fourth-order valence-electron chi connectivity index (χ4n) is 1.99. The molecule has 0 radical (unpaired) electrons. The second-order valence-electron chi connectivity index (χ2n) is 5.49. The molecule has 2 rings (SSSR count). The van der Waals surface area contributed by atoms with Gasteiger partial charge in [0, 0.05) is 32.2 Å². The third-order valence-corrected chi connectivity index (χ3v) is 3.39. The molecule has 0 aromatic carbocycles. The average molecular weight is 299 g/mol. The van der Waals surface area contributed by atoms with Crippen molar-refractivity contribution in [3.8, 4) is 0 Å². The zero-order valence-corrected chi connectivity index (χ0v) is 13.6. The van der Waals surface area contributed by atoms with Crippen molar-refractivity contribution in [1.29, 1.82) is 0 Å². The second kappa shape index (κ2) is 6.51. The summed E-state index contributed by atoms with van der Waals surface area (Å²) in [5.74, 6) is 0.403. The maximum absolute atomic E-state index is 12.4. The van der Waals surface area contributed by atoms with Gasteiger partial charge in [-0.05, 0) is 32.4 Å². The molecule has 0 saturated carbocycles. The minimum atomic E-state index is -0.184. The van der Waals surface area contributed by atoms with Crippen LogP contribution in [0.5, 0.6) is 0 Å². The molecule has 1 atom stereocenters. The second-order valence-corrected chi connectivity index (χ2v) is 5.49. The number of aromatic nitrogens is 3. The average Bonchev–Trinajstić information content (AvgIpc) is 2.47. The summed E-state index contributed by atoms with van der Waals surface area (Å²) in [5, 5.41) is 2.95. The summed E-state index contributed by atoms with van der Waals surface area (Å²) in [6.07, 6.45) is 3.34. The van der Waals surface area contributed by atoms with E-state index >= 15 is 0 Å². The lowest BCUT2D eigenvalue weighted by atomic mass is 10.1. The van der Waals surface area contributed by atoms with E-state index < -0.39 is 0 Å². The number of hydrogen-bond donors (Lipinski definition) is 1. The number of nitrogens with one attached hydrogen (secondary N) is 1. The van der Waals surface area contributed by atoms with Gasteiger partial charge in [0.15, 0.2) is 0 Å². The predicted molar refractivity (Wildman–Crippen MR) is 86.0 cm³/mol. The first-order chi connectivity index (χ1) is 10.4. The fourth-order valence-corrected chi connectivity index (χ4v) is 1.99. The molecule has 2 aromatic rings. The number of hydrogen-bond acceptors (Lipinski definition) is 5. The van der Waals surface area contributed by atoms with Crippen LogP contribution in [0.4, 0.5) is 5.95 Å². The molecule has 0 aliphatic heterocycles. The third kappa shape index (κ3) is 3.58. The molecular weight excluding hydrogens is 278 g/mol. The van der Waals surface area contributed by atoms with Gasteiger partial charge in [-0.25, -0.2) is 9.97 Å². The predicted octanol–water partition coefficient (Wildman–Crippen LogP) is 2.05. The Morgan fingerprint density at radius 1 is 1.18 bits per heavy atom. The molecule has 22 heavy (non-hydrogen) atoms. The van der Waals surface area contributed by atoms with Gasteiger partial charge in [-0.2, -0.15) is 0 Å². The molecule has 0 fully saturated rings. The van der Waals surface area contributed by atoms with Gasteiger partial charge in [-0.3, -0.25) is 9.78 Å². The lowest BCUT2D eigenvalue weighted by molar-refractivity contribution is 0.0938. The number of rotatable bonds is 4. The Labute approximate surface area is 130 Å². The topological polar surface area (TPSA) is 71.0 Å². The molecule has 0 bridgehead atoms. The number of carbonyl (C=O) groups is 1. The van der Waals surface area contributed by atoms with Crippen molar-refractivity contribution in [1.82, 2.24) is 20.3 Å². The van der Waals surface area contributed by atoms with Gasteiger partial charge < -0.3 is 10.2 Å². The lowest BCUT2D eigenvalue weighted by Gasteiger charge is -2.16. The van der Waals surface area contributed by atoms with E-state index in [1.54, 1.807) is 17.3 Å². The summed E-state index contributed by atoms with van der Waals surface area (Å²) < 4.78 is 0. The van der Waals surface area contributed by atoms with Crippen molar-refractivity contribution in [3.05, 3.63) is 47.0 Å². The van der Waals surface area contributed by atoms with Gasteiger partial charge in [-0.1, -0.05) is 6.07 Å². The Hall–Kier alpha value is -2.50. The summed E-state index contributed by atoms with van der Waals surface area (Å²) in [5.41, 5.74) is 3.05.